The third-order valence-electron chi connectivity index (χ3n) is 10.6. The summed E-state index contributed by atoms with van der Waals surface area (Å²) in [5.41, 5.74) is 11.5. The first-order valence-corrected chi connectivity index (χ1v) is 18.0. The summed E-state index contributed by atoms with van der Waals surface area (Å²) >= 11 is 0. The van der Waals surface area contributed by atoms with Crippen LogP contribution in [-0.2, 0) is 0 Å². The summed E-state index contributed by atoms with van der Waals surface area (Å²) in [7, 11) is 0. The highest BCUT2D eigenvalue weighted by Gasteiger charge is 2.18. The number of hydrogen-bond donors (Lipinski definition) is 0. The van der Waals surface area contributed by atoms with Gasteiger partial charge in [-0.25, -0.2) is 0 Å². The lowest BCUT2D eigenvalue weighted by molar-refractivity contribution is 0.672. The summed E-state index contributed by atoms with van der Waals surface area (Å²) in [6.07, 6.45) is 0. The van der Waals surface area contributed by atoms with Crippen LogP contribution in [0.25, 0.3) is 87.7 Å². The molecule has 2 aromatic heterocycles. The van der Waals surface area contributed by atoms with E-state index < -0.39 is 0 Å². The fourth-order valence-corrected chi connectivity index (χ4v) is 8.09. The standard InChI is InChI=1S/C50H31NO2/c1-3-11-33(12-4-1)44-31-46-45-29-35(22-28-47(45)52-50(46)42-18-10-9-17-40(42)44)32-19-23-37(24-20-32)51(36-14-5-2-6-15-36)38-25-27-41-43-26-21-34-13-7-8-16-39(34)49(43)53-48(41)30-38/h1-31H. The summed E-state index contributed by atoms with van der Waals surface area (Å²) in [5.74, 6) is 0. The highest BCUT2D eigenvalue weighted by molar-refractivity contribution is 6.20. The van der Waals surface area contributed by atoms with Crippen molar-refractivity contribution in [3.8, 4) is 22.3 Å². The third-order valence-corrected chi connectivity index (χ3v) is 10.6. The molecule has 248 valence electrons. The van der Waals surface area contributed by atoms with Crippen LogP contribution < -0.4 is 4.90 Å². The van der Waals surface area contributed by atoms with Gasteiger partial charge in [-0.15, -0.1) is 0 Å². The van der Waals surface area contributed by atoms with E-state index in [0.29, 0.717) is 0 Å². The molecule has 0 atom stereocenters. The molecule has 53 heavy (non-hydrogen) atoms. The number of benzene rings is 9. The summed E-state index contributed by atoms with van der Waals surface area (Å²) in [6.45, 7) is 0. The Labute approximate surface area is 305 Å². The number of hydrogen-bond acceptors (Lipinski definition) is 3. The van der Waals surface area contributed by atoms with Crippen LogP contribution in [0.2, 0.25) is 0 Å². The molecule has 0 spiro atoms. The SMILES string of the molecule is c1ccc(-c2cc3c4cc(-c5ccc(N(c6ccccc6)c6ccc7c(c6)oc6c8ccccc8ccc76)cc5)ccc4oc3c3ccccc23)cc1. The molecule has 0 saturated heterocycles. The molecule has 11 aromatic rings. The molecule has 0 radical (unpaired) electrons. The highest BCUT2D eigenvalue weighted by atomic mass is 16.3. The van der Waals surface area contributed by atoms with Gasteiger partial charge in [-0.05, 0) is 93.7 Å². The second kappa shape index (κ2) is 11.7. The van der Waals surface area contributed by atoms with Crippen molar-refractivity contribution < 1.29 is 8.83 Å². The van der Waals surface area contributed by atoms with Gasteiger partial charge in [0.25, 0.3) is 0 Å². The fraction of sp³-hybridized carbons (Fsp3) is 0. The van der Waals surface area contributed by atoms with E-state index in [2.05, 4.69) is 193 Å². The second-order valence-corrected chi connectivity index (χ2v) is 13.7. The number of rotatable bonds is 5. The lowest BCUT2D eigenvalue weighted by atomic mass is 9.95. The zero-order valence-corrected chi connectivity index (χ0v) is 28.7. The molecule has 0 aliphatic rings. The smallest absolute Gasteiger partial charge is 0.143 e. The Morgan fingerprint density at radius 3 is 1.74 bits per heavy atom. The third kappa shape index (κ3) is 4.75. The Morgan fingerprint density at radius 2 is 0.906 bits per heavy atom. The van der Waals surface area contributed by atoms with Crippen molar-refractivity contribution in [1.82, 2.24) is 0 Å². The van der Waals surface area contributed by atoms with E-state index in [1.807, 2.05) is 0 Å². The zero-order valence-electron chi connectivity index (χ0n) is 28.7. The van der Waals surface area contributed by atoms with Crippen LogP contribution in [-0.4, -0.2) is 0 Å². The van der Waals surface area contributed by atoms with Gasteiger partial charge in [0.2, 0.25) is 0 Å². The van der Waals surface area contributed by atoms with Crippen molar-refractivity contribution in [3.63, 3.8) is 0 Å². The molecule has 0 N–H and O–H groups in total. The molecule has 0 bridgehead atoms. The first kappa shape index (κ1) is 29.6. The summed E-state index contributed by atoms with van der Waals surface area (Å²) in [5, 5.41) is 9.11. The highest BCUT2D eigenvalue weighted by Crippen LogP contribution is 2.43. The van der Waals surface area contributed by atoms with Gasteiger partial charge in [0.1, 0.15) is 22.3 Å². The van der Waals surface area contributed by atoms with Crippen LogP contribution in [0.5, 0.6) is 0 Å². The normalized spacial score (nSPS) is 11.8. The second-order valence-electron chi connectivity index (χ2n) is 13.7. The van der Waals surface area contributed by atoms with Crippen molar-refractivity contribution in [1.29, 1.82) is 0 Å². The lowest BCUT2D eigenvalue weighted by Gasteiger charge is -2.25. The Balaban J connectivity index is 1.01. The lowest BCUT2D eigenvalue weighted by Crippen LogP contribution is -2.09. The van der Waals surface area contributed by atoms with Gasteiger partial charge in [-0.2, -0.15) is 0 Å². The monoisotopic (exact) mass is 677 g/mol. The van der Waals surface area contributed by atoms with E-state index in [1.54, 1.807) is 0 Å². The van der Waals surface area contributed by atoms with Crippen molar-refractivity contribution in [2.75, 3.05) is 4.90 Å². The van der Waals surface area contributed by atoms with E-state index >= 15 is 0 Å². The molecule has 3 heteroatoms. The molecule has 0 amide bonds. The van der Waals surface area contributed by atoms with E-state index in [-0.39, 0.29) is 0 Å². The molecule has 0 fully saturated rings. The number of para-hydroxylation sites is 1. The van der Waals surface area contributed by atoms with Crippen LogP contribution in [0.1, 0.15) is 0 Å². The maximum atomic E-state index is 6.59. The molecule has 0 aliphatic carbocycles. The summed E-state index contributed by atoms with van der Waals surface area (Å²) < 4.78 is 13.1. The largest absolute Gasteiger partial charge is 0.455 e. The maximum absolute atomic E-state index is 6.59. The first-order chi connectivity index (χ1) is 26.3. The molecule has 0 unspecified atom stereocenters. The maximum Gasteiger partial charge on any atom is 0.143 e. The Hall–Kier alpha value is -7.10. The van der Waals surface area contributed by atoms with Crippen molar-refractivity contribution >= 4 is 82.5 Å². The zero-order chi connectivity index (χ0) is 34.9. The van der Waals surface area contributed by atoms with Crippen LogP contribution in [0.15, 0.2) is 197 Å². The van der Waals surface area contributed by atoms with Crippen molar-refractivity contribution in [2.45, 2.75) is 0 Å². The fourth-order valence-electron chi connectivity index (χ4n) is 8.09. The molecule has 3 nitrogen and oxygen atoms in total. The molecule has 11 rings (SSSR count). The van der Waals surface area contributed by atoms with Gasteiger partial charge in [0.05, 0.1) is 0 Å². The van der Waals surface area contributed by atoms with Gasteiger partial charge in [0, 0.05) is 55.4 Å². The van der Waals surface area contributed by atoms with Crippen LogP contribution in [0.3, 0.4) is 0 Å². The average Bonchev–Trinajstić information content (AvgIpc) is 3.80. The average molecular weight is 678 g/mol. The molecular formula is C50H31NO2. The topological polar surface area (TPSA) is 29.5 Å². The van der Waals surface area contributed by atoms with Gasteiger partial charge in [-0.1, -0.05) is 121 Å². The number of furan rings is 2. The van der Waals surface area contributed by atoms with Gasteiger partial charge < -0.3 is 13.7 Å². The molecule has 0 saturated carbocycles. The first-order valence-electron chi connectivity index (χ1n) is 18.0. The van der Waals surface area contributed by atoms with Gasteiger partial charge in [-0.3, -0.25) is 0 Å². The minimum Gasteiger partial charge on any atom is -0.455 e. The number of fused-ring (bicyclic) bond motifs is 10. The Morgan fingerprint density at radius 1 is 0.302 bits per heavy atom. The predicted octanol–water partition coefficient (Wildman–Crippen LogP) is 14.6. The molecule has 9 aromatic carbocycles. The van der Waals surface area contributed by atoms with Gasteiger partial charge >= 0.3 is 0 Å². The van der Waals surface area contributed by atoms with Crippen LogP contribution >= 0.6 is 0 Å². The molecule has 2 heterocycles. The van der Waals surface area contributed by atoms with Crippen LogP contribution in [0, 0.1) is 0 Å². The summed E-state index contributed by atoms with van der Waals surface area (Å²) in [6, 6.07) is 66.6. The minimum absolute atomic E-state index is 0.871. The van der Waals surface area contributed by atoms with E-state index in [9.17, 15) is 0 Å². The van der Waals surface area contributed by atoms with Gasteiger partial charge in [0.15, 0.2) is 0 Å². The molecule has 0 aliphatic heterocycles. The Kier molecular flexibility index (Phi) is 6.55. The quantitative estimate of drug-likeness (QED) is 0.182. The van der Waals surface area contributed by atoms with E-state index in [0.717, 1.165) is 82.8 Å². The van der Waals surface area contributed by atoms with Crippen molar-refractivity contribution in [3.05, 3.63) is 188 Å². The number of anilines is 3. The van der Waals surface area contributed by atoms with E-state index in [1.165, 1.54) is 21.9 Å². The minimum atomic E-state index is 0.871. The molecular weight excluding hydrogens is 647 g/mol. The van der Waals surface area contributed by atoms with E-state index in [4.69, 9.17) is 8.83 Å². The predicted molar refractivity (Wildman–Crippen MR) is 222 cm³/mol. The Bertz CT molecular complexity index is 3160. The van der Waals surface area contributed by atoms with Crippen LogP contribution in [0.4, 0.5) is 17.1 Å². The summed E-state index contributed by atoms with van der Waals surface area (Å²) in [4.78, 5) is 2.29. The van der Waals surface area contributed by atoms with Crippen molar-refractivity contribution in [2.24, 2.45) is 0 Å². The number of nitrogens with zero attached hydrogens (tertiary/aromatic N) is 1.